The maximum absolute atomic E-state index is 13.7. The van der Waals surface area contributed by atoms with E-state index in [0.29, 0.717) is 50.7 Å². The number of carbonyl (C=O) groups excluding carboxylic acids is 2. The number of nitrogens with zero attached hydrogens (tertiary/aromatic N) is 3. The van der Waals surface area contributed by atoms with Crippen molar-refractivity contribution >= 4 is 29.1 Å². The third-order valence-corrected chi connectivity index (χ3v) is 7.54. The van der Waals surface area contributed by atoms with Crippen LogP contribution in [0.5, 0.6) is 5.88 Å². The molecule has 0 bridgehead atoms. The van der Waals surface area contributed by atoms with Crippen molar-refractivity contribution in [1.82, 2.24) is 14.1 Å². The number of morpholine rings is 1. The van der Waals surface area contributed by atoms with Gasteiger partial charge in [-0.3, -0.25) is 9.59 Å². The predicted molar refractivity (Wildman–Crippen MR) is 149 cm³/mol. The lowest BCUT2D eigenvalue weighted by Crippen LogP contribution is -2.53. The van der Waals surface area contributed by atoms with Gasteiger partial charge in [-0.1, -0.05) is 20.8 Å². The maximum atomic E-state index is 13.7. The van der Waals surface area contributed by atoms with Crippen molar-refractivity contribution in [2.45, 2.75) is 111 Å². The average molecular weight is 557 g/mol. The molecule has 1 saturated heterocycles. The van der Waals surface area contributed by atoms with Gasteiger partial charge in [-0.25, -0.2) is 0 Å². The van der Waals surface area contributed by atoms with E-state index in [2.05, 4.69) is 39.7 Å². The summed E-state index contributed by atoms with van der Waals surface area (Å²) in [5, 5.41) is 3.46. The molecule has 1 N–H and O–H groups in total. The van der Waals surface area contributed by atoms with Gasteiger partial charge in [0.05, 0.1) is 24.9 Å². The molecule has 0 aromatic carbocycles. The molecule has 1 aliphatic heterocycles. The molecule has 0 radical (unpaired) electrons. The lowest BCUT2D eigenvalue weighted by Gasteiger charge is -2.37. The quantitative estimate of drug-likeness (QED) is 0.322. The second-order valence-corrected chi connectivity index (χ2v) is 11.8. The van der Waals surface area contributed by atoms with Crippen molar-refractivity contribution in [3.63, 3.8) is 0 Å². The minimum Gasteiger partial charge on any atom is -0.472 e. The molecule has 218 valence electrons. The summed E-state index contributed by atoms with van der Waals surface area (Å²) in [6.45, 7) is 20.4. The molecular formula is C27H48N4O6S. The van der Waals surface area contributed by atoms with Crippen molar-refractivity contribution in [3.8, 4) is 5.88 Å². The van der Waals surface area contributed by atoms with Crippen LogP contribution >= 0.6 is 11.7 Å². The Morgan fingerprint density at radius 1 is 1.03 bits per heavy atom. The van der Waals surface area contributed by atoms with E-state index in [9.17, 15) is 9.59 Å². The van der Waals surface area contributed by atoms with Gasteiger partial charge in [0.1, 0.15) is 30.0 Å². The molecule has 2 heterocycles. The highest BCUT2D eigenvalue weighted by Gasteiger charge is 2.42. The standard InChI is InChI=1S/C27H48N4O6S/c1-10-21(32)26(8,11-2)36-19(4)22(33)27(9,12-3)37-20(17-28-25(5,6)7)18-35-24-23(29-38-30-24)31-13-15-34-16-14-31/h19-20,28H,10-18H2,1-9H3/t19-,20-,26?,27?/m0/s1. The van der Waals surface area contributed by atoms with E-state index in [1.807, 2.05) is 13.8 Å². The van der Waals surface area contributed by atoms with Crippen molar-refractivity contribution < 1.29 is 28.5 Å². The second-order valence-electron chi connectivity index (χ2n) is 11.2. The van der Waals surface area contributed by atoms with Gasteiger partial charge < -0.3 is 29.2 Å². The van der Waals surface area contributed by atoms with E-state index < -0.39 is 23.4 Å². The van der Waals surface area contributed by atoms with Gasteiger partial charge >= 0.3 is 0 Å². The first-order valence-electron chi connectivity index (χ1n) is 13.7. The van der Waals surface area contributed by atoms with Crippen LogP contribution in [-0.2, 0) is 23.8 Å². The molecule has 0 aliphatic carbocycles. The average Bonchev–Trinajstić information content (AvgIpc) is 3.37. The Labute approximate surface area is 232 Å². The van der Waals surface area contributed by atoms with Gasteiger partial charge in [-0.05, 0) is 54.4 Å². The summed E-state index contributed by atoms with van der Waals surface area (Å²) >= 11 is 1.10. The highest BCUT2D eigenvalue weighted by atomic mass is 32.1. The van der Waals surface area contributed by atoms with E-state index in [4.69, 9.17) is 18.9 Å². The number of anilines is 1. The minimum atomic E-state index is -1.13. The number of aromatic nitrogens is 2. The van der Waals surface area contributed by atoms with Gasteiger partial charge in [-0.15, -0.1) is 4.37 Å². The third-order valence-electron chi connectivity index (χ3n) is 7.03. The Morgan fingerprint density at radius 2 is 1.66 bits per heavy atom. The highest BCUT2D eigenvalue weighted by Crippen LogP contribution is 2.29. The first-order valence-corrected chi connectivity index (χ1v) is 14.5. The van der Waals surface area contributed by atoms with Gasteiger partial charge in [0, 0.05) is 31.6 Å². The molecule has 1 aliphatic rings. The van der Waals surface area contributed by atoms with Crippen LogP contribution in [-0.4, -0.2) is 88.7 Å². The first-order chi connectivity index (χ1) is 17.8. The fourth-order valence-electron chi connectivity index (χ4n) is 4.24. The van der Waals surface area contributed by atoms with E-state index in [-0.39, 0.29) is 23.7 Å². The van der Waals surface area contributed by atoms with Crippen molar-refractivity contribution in [3.05, 3.63) is 0 Å². The van der Waals surface area contributed by atoms with Crippen LogP contribution in [0.1, 0.15) is 81.6 Å². The maximum Gasteiger partial charge on any atom is 0.270 e. The van der Waals surface area contributed by atoms with Crippen molar-refractivity contribution in [2.24, 2.45) is 0 Å². The zero-order valence-electron chi connectivity index (χ0n) is 24.7. The minimum absolute atomic E-state index is 0.0210. The molecule has 11 heteroatoms. The molecule has 0 spiro atoms. The Hall–Kier alpha value is -1.66. The molecule has 0 amide bonds. The summed E-state index contributed by atoms with van der Waals surface area (Å²) in [4.78, 5) is 28.3. The second kappa shape index (κ2) is 14.1. The number of ketones is 2. The molecule has 4 atom stereocenters. The summed E-state index contributed by atoms with van der Waals surface area (Å²) in [6.07, 6.45) is 0.00781. The lowest BCUT2D eigenvalue weighted by molar-refractivity contribution is -0.176. The number of Topliss-reactive ketones (excluding diaryl/α,β-unsaturated/α-hetero) is 2. The Morgan fingerprint density at radius 3 is 2.21 bits per heavy atom. The van der Waals surface area contributed by atoms with Gasteiger partial charge in [0.15, 0.2) is 11.6 Å². The SMILES string of the molecule is CCC(=O)C(C)(CC)O[C@@H](C)C(=O)C(C)(CC)O[C@@H](CNC(C)(C)C)COc1nsnc1N1CCOCC1. The van der Waals surface area contributed by atoms with Crippen LogP contribution in [0.2, 0.25) is 0 Å². The first kappa shape index (κ1) is 32.6. The third kappa shape index (κ3) is 8.94. The summed E-state index contributed by atoms with van der Waals surface area (Å²) < 4.78 is 33.0. The number of nitrogens with one attached hydrogen (secondary N) is 1. The number of ether oxygens (including phenoxy) is 4. The monoisotopic (exact) mass is 556 g/mol. The zero-order valence-corrected chi connectivity index (χ0v) is 25.5. The molecule has 0 saturated carbocycles. The summed E-state index contributed by atoms with van der Waals surface area (Å²) in [5.74, 6) is 0.942. The van der Waals surface area contributed by atoms with E-state index in [1.165, 1.54) is 0 Å². The molecule has 38 heavy (non-hydrogen) atoms. The molecule has 1 aromatic rings. The summed E-state index contributed by atoms with van der Waals surface area (Å²) in [5.41, 5.74) is -2.30. The van der Waals surface area contributed by atoms with Crippen molar-refractivity contribution in [2.75, 3.05) is 44.4 Å². The predicted octanol–water partition coefficient (Wildman–Crippen LogP) is 3.82. The molecule has 1 aromatic heterocycles. The van der Waals surface area contributed by atoms with Crippen LogP contribution in [0.4, 0.5) is 5.82 Å². The highest BCUT2D eigenvalue weighted by molar-refractivity contribution is 6.99. The lowest BCUT2D eigenvalue weighted by atomic mass is 9.91. The fourth-order valence-corrected chi connectivity index (χ4v) is 4.76. The topological polar surface area (TPSA) is 112 Å². The number of hydrogen-bond acceptors (Lipinski definition) is 11. The largest absolute Gasteiger partial charge is 0.472 e. The van der Waals surface area contributed by atoms with Crippen LogP contribution in [0, 0.1) is 0 Å². The van der Waals surface area contributed by atoms with Crippen LogP contribution < -0.4 is 15.0 Å². The number of hydrogen-bond donors (Lipinski definition) is 1. The van der Waals surface area contributed by atoms with Crippen LogP contribution in [0.15, 0.2) is 0 Å². The molecule has 10 nitrogen and oxygen atoms in total. The summed E-state index contributed by atoms with van der Waals surface area (Å²) in [6, 6.07) is 0. The Balaban J connectivity index is 2.18. The summed E-state index contributed by atoms with van der Waals surface area (Å²) in [7, 11) is 0. The molecule has 1 fully saturated rings. The smallest absolute Gasteiger partial charge is 0.270 e. The molecule has 2 rings (SSSR count). The van der Waals surface area contributed by atoms with Gasteiger partial charge in [0.25, 0.3) is 5.88 Å². The Bertz CT molecular complexity index is 900. The van der Waals surface area contributed by atoms with E-state index in [1.54, 1.807) is 27.7 Å². The van der Waals surface area contributed by atoms with Crippen LogP contribution in [0.3, 0.4) is 0 Å². The zero-order chi connectivity index (χ0) is 28.6. The normalized spacial score (nSPS) is 19.3. The van der Waals surface area contributed by atoms with Crippen LogP contribution in [0.25, 0.3) is 0 Å². The van der Waals surface area contributed by atoms with Crippen molar-refractivity contribution in [1.29, 1.82) is 0 Å². The molecule has 2 unspecified atom stereocenters. The van der Waals surface area contributed by atoms with E-state index >= 15 is 0 Å². The Kier molecular flexibility index (Phi) is 12.1. The van der Waals surface area contributed by atoms with Gasteiger partial charge in [-0.2, -0.15) is 4.37 Å². The van der Waals surface area contributed by atoms with E-state index in [0.717, 1.165) is 24.8 Å². The van der Waals surface area contributed by atoms with Gasteiger partial charge in [0.2, 0.25) is 5.82 Å². The molecular weight excluding hydrogens is 508 g/mol. The fraction of sp³-hybridized carbons (Fsp3) is 0.852. The number of carbonyl (C=O) groups is 2. The number of rotatable bonds is 16.